The van der Waals surface area contributed by atoms with Crippen LogP contribution >= 0.6 is 0 Å². The molecule has 5 heteroatoms. The van der Waals surface area contributed by atoms with E-state index in [1.807, 2.05) is 49.4 Å². The number of nitrogens with two attached hydrogens (primary N) is 1. The van der Waals surface area contributed by atoms with Crippen LogP contribution in [-0.4, -0.2) is 18.5 Å². The van der Waals surface area contributed by atoms with Crippen LogP contribution in [0, 0.1) is 0 Å². The molecule has 0 aliphatic carbocycles. The Labute approximate surface area is 130 Å². The van der Waals surface area contributed by atoms with Gasteiger partial charge in [0.2, 0.25) is 0 Å². The lowest BCUT2D eigenvalue weighted by atomic mass is 10.3. The molecule has 1 atom stereocenters. The molecule has 22 heavy (non-hydrogen) atoms. The third kappa shape index (κ3) is 5.28. The quantitative estimate of drug-likeness (QED) is 0.521. The van der Waals surface area contributed by atoms with Crippen molar-refractivity contribution in [2.24, 2.45) is 9.98 Å². The first-order chi connectivity index (χ1) is 10.6. The molecule has 2 aromatic rings. The maximum absolute atomic E-state index is 5.68. The van der Waals surface area contributed by atoms with Gasteiger partial charge >= 0.3 is 0 Å². The smallest absolute Gasteiger partial charge is 0.192 e. The monoisotopic (exact) mass is 297 g/mol. The molecular formula is C17H19N3O2. The predicted molar refractivity (Wildman–Crippen MR) is 89.6 cm³/mol. The average molecular weight is 297 g/mol. The molecule has 0 heterocycles. The van der Waals surface area contributed by atoms with Gasteiger partial charge in [0.25, 0.3) is 0 Å². The highest BCUT2D eigenvalue weighted by molar-refractivity contribution is 5.83. The van der Waals surface area contributed by atoms with E-state index >= 15 is 0 Å². The van der Waals surface area contributed by atoms with Gasteiger partial charge in [-0.1, -0.05) is 24.3 Å². The van der Waals surface area contributed by atoms with Crippen LogP contribution < -0.4 is 15.2 Å². The van der Waals surface area contributed by atoms with Gasteiger partial charge in [-0.15, -0.1) is 0 Å². The van der Waals surface area contributed by atoms with Crippen molar-refractivity contribution in [1.29, 1.82) is 0 Å². The standard InChI is InChI=1S/C17H19N3O2/c1-13(21-16-8-4-3-5-9-16)19-12-20-14(2)22-17-10-6-7-15(18)11-17/h3-13H,18H2,1-2H3. The SMILES string of the molecule is CC(=NC=NC(C)Oc1ccccc1)Oc1cccc(N)c1. The molecule has 5 nitrogen and oxygen atoms in total. The van der Waals surface area contributed by atoms with E-state index in [2.05, 4.69) is 9.98 Å². The molecule has 0 fully saturated rings. The Hall–Kier alpha value is -2.82. The number of anilines is 1. The van der Waals surface area contributed by atoms with Crippen LogP contribution in [0.25, 0.3) is 0 Å². The molecule has 2 aromatic carbocycles. The zero-order valence-corrected chi connectivity index (χ0v) is 12.6. The number of benzene rings is 2. The van der Waals surface area contributed by atoms with Gasteiger partial charge in [-0.3, -0.25) is 0 Å². The van der Waals surface area contributed by atoms with Gasteiger partial charge in [-0.25, -0.2) is 9.98 Å². The summed E-state index contributed by atoms with van der Waals surface area (Å²) < 4.78 is 11.1. The zero-order chi connectivity index (χ0) is 15.8. The Morgan fingerprint density at radius 1 is 1.09 bits per heavy atom. The molecule has 1 unspecified atom stereocenters. The highest BCUT2D eigenvalue weighted by Gasteiger charge is 1.99. The largest absolute Gasteiger partial charge is 0.469 e. The van der Waals surface area contributed by atoms with E-state index in [0.29, 0.717) is 17.3 Å². The molecule has 2 rings (SSSR count). The van der Waals surface area contributed by atoms with Crippen molar-refractivity contribution in [3.8, 4) is 11.5 Å². The lowest BCUT2D eigenvalue weighted by molar-refractivity contribution is 0.233. The first kappa shape index (κ1) is 15.6. The summed E-state index contributed by atoms with van der Waals surface area (Å²) in [6.07, 6.45) is 1.10. The minimum Gasteiger partial charge on any atom is -0.469 e. The number of hydrogen-bond acceptors (Lipinski definition) is 4. The molecule has 0 spiro atoms. The zero-order valence-electron chi connectivity index (χ0n) is 12.6. The van der Waals surface area contributed by atoms with E-state index < -0.39 is 0 Å². The number of nitrogens with zero attached hydrogens (tertiary/aromatic N) is 2. The van der Waals surface area contributed by atoms with Crippen LogP contribution in [0.3, 0.4) is 0 Å². The van der Waals surface area contributed by atoms with Crippen molar-refractivity contribution >= 4 is 17.9 Å². The third-order valence-electron chi connectivity index (χ3n) is 2.69. The number of aliphatic imine (C=N–C) groups is 2. The topological polar surface area (TPSA) is 69.2 Å². The molecular weight excluding hydrogens is 278 g/mol. The summed E-state index contributed by atoms with van der Waals surface area (Å²) in [6, 6.07) is 16.7. The summed E-state index contributed by atoms with van der Waals surface area (Å²) in [5, 5.41) is 0. The van der Waals surface area contributed by atoms with Crippen LogP contribution in [0.2, 0.25) is 0 Å². The molecule has 0 aromatic heterocycles. The predicted octanol–water partition coefficient (Wildman–Crippen LogP) is 3.52. The van der Waals surface area contributed by atoms with E-state index in [0.717, 1.165) is 5.75 Å². The van der Waals surface area contributed by atoms with Gasteiger partial charge in [0.1, 0.15) is 17.8 Å². The fraction of sp³-hybridized carbons (Fsp3) is 0.176. The molecule has 0 aliphatic heterocycles. The summed E-state index contributed by atoms with van der Waals surface area (Å²) >= 11 is 0. The maximum atomic E-state index is 5.68. The van der Waals surface area contributed by atoms with Crippen molar-refractivity contribution in [3.63, 3.8) is 0 Å². The summed E-state index contributed by atoms with van der Waals surface area (Å²) in [7, 11) is 0. The van der Waals surface area contributed by atoms with Crippen LogP contribution in [0.1, 0.15) is 13.8 Å². The molecule has 114 valence electrons. The van der Waals surface area contributed by atoms with E-state index in [1.54, 1.807) is 19.1 Å². The van der Waals surface area contributed by atoms with E-state index in [-0.39, 0.29) is 6.23 Å². The molecule has 0 bridgehead atoms. The summed E-state index contributed by atoms with van der Waals surface area (Å²) in [5.41, 5.74) is 6.33. The van der Waals surface area contributed by atoms with Crippen molar-refractivity contribution < 1.29 is 9.47 Å². The number of para-hydroxylation sites is 1. The highest BCUT2D eigenvalue weighted by Crippen LogP contribution is 2.14. The number of nitrogen functional groups attached to an aromatic ring is 1. The maximum Gasteiger partial charge on any atom is 0.192 e. The lowest BCUT2D eigenvalue weighted by Crippen LogP contribution is -2.09. The Kier molecular flexibility index (Phi) is 5.54. The number of rotatable bonds is 5. The van der Waals surface area contributed by atoms with Crippen molar-refractivity contribution in [2.45, 2.75) is 20.1 Å². The molecule has 2 N–H and O–H groups in total. The number of ether oxygens (including phenoxy) is 2. The molecule has 0 saturated heterocycles. The van der Waals surface area contributed by atoms with Gasteiger partial charge in [0.05, 0.1) is 0 Å². The van der Waals surface area contributed by atoms with Crippen molar-refractivity contribution in [3.05, 3.63) is 54.6 Å². The van der Waals surface area contributed by atoms with E-state index in [1.165, 1.54) is 6.34 Å². The van der Waals surface area contributed by atoms with Crippen LogP contribution in [0.5, 0.6) is 11.5 Å². The molecule has 0 amide bonds. The van der Waals surface area contributed by atoms with Crippen LogP contribution in [0.15, 0.2) is 64.6 Å². The van der Waals surface area contributed by atoms with Gasteiger partial charge in [0, 0.05) is 18.7 Å². The minimum atomic E-state index is -0.327. The Balaban J connectivity index is 1.87. The molecule has 0 aliphatic rings. The molecule has 0 radical (unpaired) electrons. The Morgan fingerprint density at radius 3 is 2.55 bits per heavy atom. The Morgan fingerprint density at radius 2 is 1.82 bits per heavy atom. The van der Waals surface area contributed by atoms with Gasteiger partial charge in [0.15, 0.2) is 12.1 Å². The Bertz CT molecular complexity index is 654. The van der Waals surface area contributed by atoms with Crippen LogP contribution in [0.4, 0.5) is 5.69 Å². The minimum absolute atomic E-state index is 0.327. The summed E-state index contributed by atoms with van der Waals surface area (Å²) in [6.45, 7) is 3.59. The molecule has 0 saturated carbocycles. The summed E-state index contributed by atoms with van der Waals surface area (Å²) in [4.78, 5) is 8.29. The normalized spacial score (nSPS) is 13.1. The third-order valence-corrected chi connectivity index (χ3v) is 2.69. The second kappa shape index (κ2) is 7.83. The van der Waals surface area contributed by atoms with Gasteiger partial charge < -0.3 is 15.2 Å². The van der Waals surface area contributed by atoms with E-state index in [9.17, 15) is 0 Å². The van der Waals surface area contributed by atoms with Crippen molar-refractivity contribution in [1.82, 2.24) is 0 Å². The fourth-order valence-corrected chi connectivity index (χ4v) is 1.71. The fourth-order valence-electron chi connectivity index (χ4n) is 1.71. The van der Waals surface area contributed by atoms with E-state index in [4.69, 9.17) is 15.2 Å². The number of hydrogen-bond donors (Lipinski definition) is 1. The van der Waals surface area contributed by atoms with Crippen LogP contribution in [-0.2, 0) is 0 Å². The summed E-state index contributed by atoms with van der Waals surface area (Å²) in [5.74, 6) is 1.88. The first-order valence-electron chi connectivity index (χ1n) is 6.94. The van der Waals surface area contributed by atoms with Gasteiger partial charge in [-0.05, 0) is 31.2 Å². The lowest BCUT2D eigenvalue weighted by Gasteiger charge is -2.09. The van der Waals surface area contributed by atoms with Crippen molar-refractivity contribution in [2.75, 3.05) is 5.73 Å². The highest BCUT2D eigenvalue weighted by atomic mass is 16.5. The first-order valence-corrected chi connectivity index (χ1v) is 6.94. The second-order valence-electron chi connectivity index (χ2n) is 4.62. The van der Waals surface area contributed by atoms with Gasteiger partial charge in [-0.2, -0.15) is 0 Å². The average Bonchev–Trinajstić information content (AvgIpc) is 2.48. The second-order valence-corrected chi connectivity index (χ2v) is 4.62.